The van der Waals surface area contributed by atoms with Crippen LogP contribution in [0.4, 0.5) is 23.2 Å². The van der Waals surface area contributed by atoms with Gasteiger partial charge in [-0.1, -0.05) is 6.07 Å². The molecule has 0 radical (unpaired) electrons. The highest BCUT2D eigenvalue weighted by atomic mass is 32.1. The number of nitrogens with zero attached hydrogens (tertiary/aromatic N) is 3. The van der Waals surface area contributed by atoms with E-state index in [1.807, 2.05) is 0 Å². The van der Waals surface area contributed by atoms with Gasteiger partial charge in [0.05, 0.1) is 22.8 Å². The van der Waals surface area contributed by atoms with Crippen molar-refractivity contribution in [3.63, 3.8) is 0 Å². The number of carbonyl (C=O) groups excluding carboxylic acids is 2. The Morgan fingerprint density at radius 1 is 1.18 bits per heavy atom. The maximum absolute atomic E-state index is 14.8. The van der Waals surface area contributed by atoms with Crippen LogP contribution in [0.15, 0.2) is 36.4 Å². The third-order valence-corrected chi connectivity index (χ3v) is 5.99. The summed E-state index contributed by atoms with van der Waals surface area (Å²) < 4.78 is 55.5. The summed E-state index contributed by atoms with van der Waals surface area (Å²) in [6.45, 7) is 3.01. The minimum absolute atomic E-state index is 0.0788. The van der Waals surface area contributed by atoms with Crippen LogP contribution in [-0.2, 0) is 16.0 Å². The standard InChI is InChI=1S/C22H20F4N4O2S/c1-20(2)19(32)28-22(33,13-6-5-12(11-27)16(9-13)21(24,25)26)30(20)14-7-8-15(17(23)10-14)18(31)29(3)4/h5-10,33H,1-4H3,(H,28,32). The van der Waals surface area contributed by atoms with Crippen molar-refractivity contribution in [3.05, 3.63) is 64.5 Å². The molecule has 1 heterocycles. The van der Waals surface area contributed by atoms with Crippen LogP contribution in [0.3, 0.4) is 0 Å². The summed E-state index contributed by atoms with van der Waals surface area (Å²) in [5.41, 5.74) is -3.30. The van der Waals surface area contributed by atoms with Gasteiger partial charge in [-0.05, 0) is 44.2 Å². The summed E-state index contributed by atoms with van der Waals surface area (Å²) in [4.78, 5) is 25.7. The molecule has 1 saturated heterocycles. The molecule has 0 saturated carbocycles. The maximum Gasteiger partial charge on any atom is 0.417 e. The van der Waals surface area contributed by atoms with E-state index in [9.17, 15) is 27.2 Å². The van der Waals surface area contributed by atoms with Gasteiger partial charge in [-0.3, -0.25) is 9.59 Å². The first-order valence-corrected chi connectivity index (χ1v) is 10.1. The molecule has 6 nitrogen and oxygen atoms in total. The number of benzene rings is 2. The van der Waals surface area contributed by atoms with E-state index in [1.165, 1.54) is 62.0 Å². The molecule has 2 aromatic carbocycles. The van der Waals surface area contributed by atoms with Gasteiger partial charge in [0.15, 0.2) is 4.99 Å². The maximum atomic E-state index is 14.8. The van der Waals surface area contributed by atoms with E-state index in [2.05, 4.69) is 17.9 Å². The second-order valence-electron chi connectivity index (χ2n) is 8.25. The summed E-state index contributed by atoms with van der Waals surface area (Å²) >= 11 is 4.54. The van der Waals surface area contributed by atoms with Crippen LogP contribution in [-0.4, -0.2) is 36.3 Å². The molecule has 1 atom stereocenters. The first kappa shape index (κ1) is 24.4. The van der Waals surface area contributed by atoms with Gasteiger partial charge in [0.2, 0.25) is 5.91 Å². The first-order chi connectivity index (χ1) is 15.1. The van der Waals surface area contributed by atoms with Crippen molar-refractivity contribution in [1.82, 2.24) is 10.2 Å². The van der Waals surface area contributed by atoms with E-state index in [0.717, 1.165) is 18.2 Å². The predicted octanol–water partition coefficient (Wildman–Crippen LogP) is 3.87. The lowest BCUT2D eigenvalue weighted by Crippen LogP contribution is -2.50. The lowest BCUT2D eigenvalue weighted by Gasteiger charge is -2.41. The summed E-state index contributed by atoms with van der Waals surface area (Å²) in [5.74, 6) is -2.01. The van der Waals surface area contributed by atoms with Crippen molar-refractivity contribution in [2.45, 2.75) is 30.6 Å². The summed E-state index contributed by atoms with van der Waals surface area (Å²) in [7, 11) is 2.92. The second-order valence-corrected chi connectivity index (χ2v) is 8.90. The summed E-state index contributed by atoms with van der Waals surface area (Å²) in [6.07, 6.45) is -4.82. The number of amides is 2. The van der Waals surface area contributed by atoms with E-state index >= 15 is 0 Å². The molecule has 0 bridgehead atoms. The van der Waals surface area contributed by atoms with Crippen molar-refractivity contribution in [3.8, 4) is 6.07 Å². The number of hydrogen-bond donors (Lipinski definition) is 2. The number of hydrogen-bond acceptors (Lipinski definition) is 5. The number of rotatable bonds is 3. The topological polar surface area (TPSA) is 76.4 Å². The Morgan fingerprint density at radius 2 is 1.82 bits per heavy atom. The zero-order valence-electron chi connectivity index (χ0n) is 18.1. The Bertz CT molecular complexity index is 1190. The molecule has 1 aliphatic rings. The van der Waals surface area contributed by atoms with Gasteiger partial charge >= 0.3 is 6.18 Å². The molecule has 1 aliphatic heterocycles. The number of nitriles is 1. The Balaban J connectivity index is 2.21. The average molecular weight is 480 g/mol. The zero-order chi connectivity index (χ0) is 24.9. The van der Waals surface area contributed by atoms with Crippen molar-refractivity contribution >= 4 is 30.1 Å². The van der Waals surface area contributed by atoms with Crippen LogP contribution in [0.1, 0.15) is 40.9 Å². The van der Waals surface area contributed by atoms with Crippen molar-refractivity contribution in [2.75, 3.05) is 19.0 Å². The Labute approximate surface area is 193 Å². The van der Waals surface area contributed by atoms with Gasteiger partial charge in [-0.25, -0.2) is 4.39 Å². The normalized spacial score (nSPS) is 19.8. The van der Waals surface area contributed by atoms with Crippen molar-refractivity contribution in [1.29, 1.82) is 5.26 Å². The molecule has 0 spiro atoms. The number of carbonyl (C=O) groups is 2. The van der Waals surface area contributed by atoms with E-state index in [4.69, 9.17) is 5.26 Å². The molecule has 33 heavy (non-hydrogen) atoms. The minimum atomic E-state index is -4.82. The van der Waals surface area contributed by atoms with Gasteiger partial charge in [-0.2, -0.15) is 18.4 Å². The Hall–Kier alpha value is -3.26. The van der Waals surface area contributed by atoms with Gasteiger partial charge in [0.1, 0.15) is 11.4 Å². The van der Waals surface area contributed by atoms with E-state index in [-0.39, 0.29) is 16.8 Å². The molecule has 2 aromatic rings. The molecule has 174 valence electrons. The third-order valence-electron chi connectivity index (χ3n) is 5.42. The molecule has 1 unspecified atom stereocenters. The third kappa shape index (κ3) is 3.99. The lowest BCUT2D eigenvalue weighted by molar-refractivity contribution is -0.137. The van der Waals surface area contributed by atoms with E-state index < -0.39 is 45.5 Å². The highest BCUT2D eigenvalue weighted by Gasteiger charge is 2.55. The van der Waals surface area contributed by atoms with Crippen LogP contribution >= 0.6 is 12.6 Å². The van der Waals surface area contributed by atoms with Gasteiger partial charge in [0, 0.05) is 25.3 Å². The summed E-state index contributed by atoms with van der Waals surface area (Å²) in [6, 6.07) is 8.13. The fraction of sp³-hybridized carbons (Fsp3) is 0.318. The number of thiol groups is 1. The van der Waals surface area contributed by atoms with Crippen LogP contribution in [0.25, 0.3) is 0 Å². The van der Waals surface area contributed by atoms with Crippen LogP contribution in [0.5, 0.6) is 0 Å². The summed E-state index contributed by atoms with van der Waals surface area (Å²) in [5, 5.41) is 11.7. The molecular formula is C22H20F4N4O2S. The predicted molar refractivity (Wildman–Crippen MR) is 116 cm³/mol. The molecule has 1 fully saturated rings. The van der Waals surface area contributed by atoms with Gasteiger partial charge in [-0.15, -0.1) is 12.6 Å². The highest BCUT2D eigenvalue weighted by molar-refractivity contribution is 7.81. The van der Waals surface area contributed by atoms with Gasteiger partial charge < -0.3 is 15.1 Å². The van der Waals surface area contributed by atoms with Gasteiger partial charge in [0.25, 0.3) is 5.91 Å². The van der Waals surface area contributed by atoms with E-state index in [1.54, 1.807) is 0 Å². The average Bonchev–Trinajstić information content (AvgIpc) is 2.90. The van der Waals surface area contributed by atoms with Crippen LogP contribution < -0.4 is 10.2 Å². The number of halogens is 4. The monoisotopic (exact) mass is 480 g/mol. The highest BCUT2D eigenvalue weighted by Crippen LogP contribution is 2.46. The van der Waals surface area contributed by atoms with Crippen LogP contribution in [0, 0.1) is 17.1 Å². The quantitative estimate of drug-likeness (QED) is 0.517. The fourth-order valence-electron chi connectivity index (χ4n) is 3.73. The largest absolute Gasteiger partial charge is 0.417 e. The van der Waals surface area contributed by atoms with E-state index in [0.29, 0.717) is 0 Å². The van der Waals surface area contributed by atoms with Crippen LogP contribution in [0.2, 0.25) is 0 Å². The smallest absolute Gasteiger partial charge is 0.345 e. The molecule has 0 aliphatic carbocycles. The number of nitrogens with one attached hydrogen (secondary N) is 1. The molecule has 3 rings (SSSR count). The Morgan fingerprint density at radius 3 is 2.33 bits per heavy atom. The lowest BCUT2D eigenvalue weighted by atomic mass is 9.99. The second kappa shape index (κ2) is 7.95. The van der Waals surface area contributed by atoms with Crippen molar-refractivity contribution < 1.29 is 27.2 Å². The molecule has 11 heteroatoms. The molecule has 1 N–H and O–H groups in total. The number of alkyl halides is 3. The minimum Gasteiger partial charge on any atom is -0.345 e. The van der Waals surface area contributed by atoms with Crippen molar-refractivity contribution in [2.24, 2.45) is 0 Å². The zero-order valence-corrected chi connectivity index (χ0v) is 19.0. The first-order valence-electron chi connectivity index (χ1n) is 9.63. The fourth-order valence-corrected chi connectivity index (χ4v) is 4.34. The molecule has 0 aromatic heterocycles. The molecular weight excluding hydrogens is 460 g/mol. The molecule has 2 amide bonds. The Kier molecular flexibility index (Phi) is 5.87. The number of anilines is 1. The SMILES string of the molecule is CN(C)C(=O)c1ccc(N2C(C)(C)C(=O)NC2(S)c2ccc(C#N)c(C(F)(F)F)c2)cc1F.